The van der Waals surface area contributed by atoms with Crippen molar-refractivity contribution < 1.29 is 9.84 Å². The van der Waals surface area contributed by atoms with Crippen LogP contribution in [0.4, 0.5) is 0 Å². The molecule has 0 aromatic heterocycles. The summed E-state index contributed by atoms with van der Waals surface area (Å²) in [6.45, 7) is 5.48. The van der Waals surface area contributed by atoms with E-state index in [1.165, 1.54) is 0 Å². The maximum absolute atomic E-state index is 9.17. The van der Waals surface area contributed by atoms with Crippen LogP contribution >= 0.6 is 12.2 Å². The van der Waals surface area contributed by atoms with Gasteiger partial charge in [-0.2, -0.15) is 0 Å². The van der Waals surface area contributed by atoms with Crippen LogP contribution in [0, 0.1) is 5.41 Å². The van der Waals surface area contributed by atoms with Crippen molar-refractivity contribution in [3.05, 3.63) is 29.8 Å². The van der Waals surface area contributed by atoms with Crippen LogP contribution in [0.25, 0.3) is 0 Å². The van der Waals surface area contributed by atoms with Crippen molar-refractivity contribution in [2.45, 2.75) is 20.3 Å². The first-order chi connectivity index (χ1) is 9.48. The van der Waals surface area contributed by atoms with Gasteiger partial charge in [0.05, 0.1) is 7.11 Å². The summed E-state index contributed by atoms with van der Waals surface area (Å²) >= 11 is 5.21. The molecule has 0 heterocycles. The molecule has 0 unspecified atom stereocenters. The number of rotatable bonds is 7. The molecular weight excluding hydrogens is 272 g/mol. The van der Waals surface area contributed by atoms with Crippen LogP contribution in [0.2, 0.25) is 0 Å². The Labute approximate surface area is 126 Å². The molecule has 1 rings (SSSR count). The van der Waals surface area contributed by atoms with Gasteiger partial charge in [-0.1, -0.05) is 32.0 Å². The average Bonchev–Trinajstić information content (AvgIpc) is 2.46. The Kier molecular flexibility index (Phi) is 6.75. The minimum atomic E-state index is -0.172. The number of thiocarbonyl (C=S) groups is 1. The smallest absolute Gasteiger partial charge is 0.166 e. The van der Waals surface area contributed by atoms with Crippen molar-refractivity contribution in [3.8, 4) is 5.75 Å². The summed E-state index contributed by atoms with van der Waals surface area (Å²) in [5.41, 5.74) is 0.981. The fourth-order valence-corrected chi connectivity index (χ4v) is 1.83. The monoisotopic (exact) mass is 296 g/mol. The largest absolute Gasteiger partial charge is 0.496 e. The Morgan fingerprint density at radius 2 is 2.00 bits per heavy atom. The molecule has 0 spiro atoms. The van der Waals surface area contributed by atoms with Crippen LogP contribution in [0.1, 0.15) is 19.4 Å². The molecule has 0 aliphatic rings. The zero-order chi connectivity index (χ0) is 15.0. The lowest BCUT2D eigenvalue weighted by Gasteiger charge is -2.23. The van der Waals surface area contributed by atoms with E-state index in [2.05, 4.69) is 10.6 Å². The summed E-state index contributed by atoms with van der Waals surface area (Å²) in [6.07, 6.45) is 0.842. The number of nitrogens with one attached hydrogen (secondary N) is 2. The molecule has 0 fully saturated rings. The van der Waals surface area contributed by atoms with Gasteiger partial charge >= 0.3 is 0 Å². The Bertz CT molecular complexity index is 436. The number of para-hydroxylation sites is 1. The van der Waals surface area contributed by atoms with E-state index < -0.39 is 0 Å². The van der Waals surface area contributed by atoms with Gasteiger partial charge < -0.3 is 20.5 Å². The quantitative estimate of drug-likeness (QED) is 0.669. The van der Waals surface area contributed by atoms with Crippen molar-refractivity contribution in [2.75, 3.05) is 26.8 Å². The number of aliphatic hydroxyl groups is 1. The fraction of sp³-hybridized carbons (Fsp3) is 0.533. The molecule has 1 aromatic carbocycles. The molecule has 4 nitrogen and oxygen atoms in total. The molecule has 0 bridgehead atoms. The topological polar surface area (TPSA) is 53.5 Å². The maximum atomic E-state index is 9.17. The second-order valence-corrected chi connectivity index (χ2v) is 5.90. The third-order valence-corrected chi connectivity index (χ3v) is 3.32. The minimum absolute atomic E-state index is 0.129. The van der Waals surface area contributed by atoms with Crippen molar-refractivity contribution in [3.63, 3.8) is 0 Å². The summed E-state index contributed by atoms with van der Waals surface area (Å²) in [5.74, 6) is 0.898. The highest BCUT2D eigenvalue weighted by Gasteiger charge is 2.16. The van der Waals surface area contributed by atoms with Gasteiger partial charge in [0.1, 0.15) is 5.75 Å². The summed E-state index contributed by atoms with van der Waals surface area (Å²) in [7, 11) is 1.68. The number of methoxy groups -OCH3 is 1. The van der Waals surface area contributed by atoms with Gasteiger partial charge in [0.2, 0.25) is 0 Å². The first kappa shape index (κ1) is 16.7. The number of ether oxygens (including phenoxy) is 1. The van der Waals surface area contributed by atoms with Crippen LogP contribution in [-0.4, -0.2) is 37.0 Å². The highest BCUT2D eigenvalue weighted by atomic mass is 32.1. The van der Waals surface area contributed by atoms with Gasteiger partial charge in [-0.25, -0.2) is 0 Å². The molecule has 0 amide bonds. The molecule has 0 aliphatic heterocycles. The van der Waals surface area contributed by atoms with Gasteiger partial charge in [0.15, 0.2) is 5.11 Å². The number of benzene rings is 1. The molecule has 5 heteroatoms. The van der Waals surface area contributed by atoms with Crippen LogP contribution < -0.4 is 15.4 Å². The van der Waals surface area contributed by atoms with E-state index >= 15 is 0 Å². The predicted molar refractivity (Wildman–Crippen MR) is 86.2 cm³/mol. The summed E-state index contributed by atoms with van der Waals surface area (Å²) in [4.78, 5) is 0. The lowest BCUT2D eigenvalue weighted by molar-refractivity contribution is 0.162. The van der Waals surface area contributed by atoms with E-state index in [1.54, 1.807) is 7.11 Å². The molecular formula is C15H24N2O2S. The first-order valence-electron chi connectivity index (χ1n) is 6.73. The molecule has 0 aliphatic carbocycles. The third kappa shape index (κ3) is 5.75. The normalized spacial score (nSPS) is 11.0. The predicted octanol–water partition coefficient (Wildman–Crippen LogP) is 1.72. The molecule has 20 heavy (non-hydrogen) atoms. The Morgan fingerprint density at radius 1 is 1.30 bits per heavy atom. The standard InChI is InChI=1S/C15H24N2O2S/c1-15(2,11-18)10-17-14(20)16-9-8-12-6-4-5-7-13(12)19-3/h4-7,18H,8-11H2,1-3H3,(H2,16,17,20). The number of hydrogen-bond donors (Lipinski definition) is 3. The lowest BCUT2D eigenvalue weighted by atomic mass is 9.95. The zero-order valence-corrected chi connectivity index (χ0v) is 13.2. The van der Waals surface area contributed by atoms with E-state index in [9.17, 15) is 5.11 Å². The zero-order valence-electron chi connectivity index (χ0n) is 12.4. The van der Waals surface area contributed by atoms with Crippen LogP contribution in [0.15, 0.2) is 24.3 Å². The maximum Gasteiger partial charge on any atom is 0.166 e. The second-order valence-electron chi connectivity index (χ2n) is 5.49. The van der Waals surface area contributed by atoms with Gasteiger partial charge in [-0.3, -0.25) is 0 Å². The average molecular weight is 296 g/mol. The van der Waals surface area contributed by atoms with Gasteiger partial charge in [-0.05, 0) is 30.3 Å². The van der Waals surface area contributed by atoms with Crippen molar-refractivity contribution in [1.29, 1.82) is 0 Å². The highest BCUT2D eigenvalue weighted by molar-refractivity contribution is 7.80. The SMILES string of the molecule is COc1ccccc1CCNC(=S)NCC(C)(C)CO. The van der Waals surface area contributed by atoms with E-state index in [0.29, 0.717) is 11.7 Å². The molecule has 112 valence electrons. The Morgan fingerprint density at radius 3 is 2.65 bits per heavy atom. The number of hydrogen-bond acceptors (Lipinski definition) is 3. The lowest BCUT2D eigenvalue weighted by Crippen LogP contribution is -2.42. The molecule has 3 N–H and O–H groups in total. The molecule has 1 aromatic rings. The minimum Gasteiger partial charge on any atom is -0.496 e. The summed E-state index contributed by atoms with van der Waals surface area (Å²) in [6, 6.07) is 7.96. The second kappa shape index (κ2) is 8.07. The molecule has 0 saturated carbocycles. The summed E-state index contributed by atoms with van der Waals surface area (Å²) < 4.78 is 5.31. The summed E-state index contributed by atoms with van der Waals surface area (Å²) in [5, 5.41) is 16.1. The van der Waals surface area contributed by atoms with E-state index in [0.717, 1.165) is 24.3 Å². The van der Waals surface area contributed by atoms with Gasteiger partial charge in [-0.15, -0.1) is 0 Å². The Balaban J connectivity index is 2.32. The fourth-order valence-electron chi connectivity index (χ4n) is 1.66. The van der Waals surface area contributed by atoms with Gasteiger partial charge in [0.25, 0.3) is 0 Å². The van der Waals surface area contributed by atoms with Crippen molar-refractivity contribution >= 4 is 17.3 Å². The molecule has 0 saturated heterocycles. The third-order valence-electron chi connectivity index (χ3n) is 3.03. The van der Waals surface area contributed by atoms with Gasteiger partial charge in [0, 0.05) is 25.1 Å². The highest BCUT2D eigenvalue weighted by Crippen LogP contribution is 2.17. The van der Waals surface area contributed by atoms with Crippen molar-refractivity contribution in [1.82, 2.24) is 10.6 Å². The van der Waals surface area contributed by atoms with Crippen LogP contribution in [-0.2, 0) is 6.42 Å². The van der Waals surface area contributed by atoms with Crippen LogP contribution in [0.3, 0.4) is 0 Å². The first-order valence-corrected chi connectivity index (χ1v) is 7.14. The van der Waals surface area contributed by atoms with Crippen LogP contribution in [0.5, 0.6) is 5.75 Å². The van der Waals surface area contributed by atoms with Crippen molar-refractivity contribution in [2.24, 2.45) is 5.41 Å². The van der Waals surface area contributed by atoms with E-state index in [-0.39, 0.29) is 12.0 Å². The number of aliphatic hydroxyl groups excluding tert-OH is 1. The van der Waals surface area contributed by atoms with E-state index in [4.69, 9.17) is 17.0 Å². The van der Waals surface area contributed by atoms with E-state index in [1.807, 2.05) is 38.1 Å². The Hall–Kier alpha value is -1.33. The molecule has 0 radical (unpaired) electrons. The molecule has 0 atom stereocenters.